The second kappa shape index (κ2) is 5.33. The number of benzene rings is 1. The quantitative estimate of drug-likeness (QED) is 0.871. The predicted octanol–water partition coefficient (Wildman–Crippen LogP) is 4.01. The van der Waals surface area contributed by atoms with Crippen molar-refractivity contribution in [2.45, 2.75) is 26.0 Å². The van der Waals surface area contributed by atoms with Crippen LogP contribution in [-0.2, 0) is 16.9 Å². The van der Waals surface area contributed by atoms with Crippen molar-refractivity contribution in [2.75, 3.05) is 5.32 Å². The molecule has 5 nitrogen and oxygen atoms in total. The number of nitrogens with one attached hydrogen (secondary N) is 1. The maximum atomic E-state index is 11.6. The molecule has 5 heteroatoms. The van der Waals surface area contributed by atoms with Gasteiger partial charge in [-0.2, -0.15) is 5.26 Å². The monoisotopic (exact) mass is 307 g/mol. The summed E-state index contributed by atoms with van der Waals surface area (Å²) in [6.45, 7) is 8.02. The number of nitrogens with zero attached hydrogens (tertiary/aromatic N) is 2. The Kier molecular flexibility index (Phi) is 3.45. The summed E-state index contributed by atoms with van der Waals surface area (Å²) in [5.74, 6) is 0. The molecule has 0 atom stereocenters. The first-order chi connectivity index (χ1) is 11.0. The number of ether oxygens (including phenoxy) is 1. The van der Waals surface area contributed by atoms with Gasteiger partial charge in [-0.25, -0.2) is 4.79 Å². The molecule has 0 saturated heterocycles. The number of nitriles is 1. The van der Waals surface area contributed by atoms with E-state index in [0.717, 1.165) is 22.5 Å². The number of hydrogen-bond acceptors (Lipinski definition) is 3. The molecule has 1 N–H and O–H groups in total. The number of carbonyl (C=O) groups excluding carboxylic acids is 1. The molecule has 0 radical (unpaired) electrons. The Bertz CT molecular complexity index is 840. The maximum absolute atomic E-state index is 11.6. The van der Waals surface area contributed by atoms with Gasteiger partial charge in [0, 0.05) is 17.8 Å². The van der Waals surface area contributed by atoms with E-state index in [1.165, 1.54) is 0 Å². The number of rotatable bonds is 3. The maximum Gasteiger partial charge on any atom is 0.412 e. The second-order valence-electron chi connectivity index (χ2n) is 5.90. The molecule has 116 valence electrons. The molecule has 1 aliphatic heterocycles. The van der Waals surface area contributed by atoms with E-state index in [1.54, 1.807) is 12.1 Å². The summed E-state index contributed by atoms with van der Waals surface area (Å²) in [5.41, 5.74) is 3.41. The van der Waals surface area contributed by atoms with Crippen LogP contribution in [0.15, 0.2) is 43.0 Å². The van der Waals surface area contributed by atoms with Crippen LogP contribution in [0.2, 0.25) is 0 Å². The Hall–Kier alpha value is -3.00. The molecule has 0 unspecified atom stereocenters. The van der Waals surface area contributed by atoms with Gasteiger partial charge in [0.15, 0.2) is 0 Å². The van der Waals surface area contributed by atoms with Gasteiger partial charge in [0.25, 0.3) is 0 Å². The normalized spacial score (nSPS) is 15.1. The smallest absolute Gasteiger partial charge is 0.412 e. The van der Waals surface area contributed by atoms with E-state index in [9.17, 15) is 10.1 Å². The molecule has 0 spiro atoms. The number of hydrogen-bond donors (Lipinski definition) is 1. The van der Waals surface area contributed by atoms with Crippen LogP contribution in [0.1, 0.15) is 25.1 Å². The van der Waals surface area contributed by atoms with Gasteiger partial charge in [-0.3, -0.25) is 5.32 Å². The van der Waals surface area contributed by atoms with Crippen molar-refractivity contribution in [3.05, 3.63) is 54.2 Å². The molecular formula is C18H17N3O2. The van der Waals surface area contributed by atoms with Crippen LogP contribution in [0.5, 0.6) is 0 Å². The van der Waals surface area contributed by atoms with Crippen LogP contribution < -0.4 is 5.32 Å². The molecule has 1 amide bonds. The highest BCUT2D eigenvalue weighted by atomic mass is 16.6. The van der Waals surface area contributed by atoms with Crippen LogP contribution in [0.25, 0.3) is 11.3 Å². The molecule has 1 aliphatic rings. The fourth-order valence-corrected chi connectivity index (χ4v) is 2.88. The van der Waals surface area contributed by atoms with Crippen molar-refractivity contribution in [2.24, 2.45) is 0 Å². The molecule has 0 fully saturated rings. The van der Waals surface area contributed by atoms with Crippen molar-refractivity contribution >= 4 is 11.8 Å². The van der Waals surface area contributed by atoms with Crippen LogP contribution in [0.4, 0.5) is 10.5 Å². The van der Waals surface area contributed by atoms with Gasteiger partial charge in [-0.1, -0.05) is 12.1 Å². The summed E-state index contributed by atoms with van der Waals surface area (Å²) < 4.78 is 7.28. The third-order valence-corrected chi connectivity index (χ3v) is 3.96. The minimum absolute atomic E-state index is 0.447. The van der Waals surface area contributed by atoms with Gasteiger partial charge >= 0.3 is 6.09 Å². The van der Waals surface area contributed by atoms with Crippen molar-refractivity contribution in [1.29, 1.82) is 5.26 Å². The Balaban J connectivity index is 2.14. The van der Waals surface area contributed by atoms with E-state index in [4.69, 9.17) is 4.74 Å². The summed E-state index contributed by atoms with van der Waals surface area (Å²) in [7, 11) is 0. The van der Waals surface area contributed by atoms with E-state index < -0.39 is 11.7 Å². The van der Waals surface area contributed by atoms with Gasteiger partial charge < -0.3 is 9.30 Å². The first kappa shape index (κ1) is 14.9. The van der Waals surface area contributed by atoms with E-state index in [2.05, 4.69) is 18.0 Å². The molecule has 0 saturated carbocycles. The van der Waals surface area contributed by atoms with Crippen molar-refractivity contribution in [3.63, 3.8) is 0 Å². The number of fused-ring (bicyclic) bond motifs is 1. The van der Waals surface area contributed by atoms with Gasteiger partial charge in [-0.05, 0) is 43.7 Å². The number of amides is 1. The highest BCUT2D eigenvalue weighted by molar-refractivity contribution is 5.89. The third kappa shape index (κ3) is 2.49. The minimum Gasteiger partial charge on any atom is -0.438 e. The Morgan fingerprint density at radius 2 is 2.17 bits per heavy atom. The molecule has 1 aromatic heterocycles. The molecule has 2 aromatic rings. The zero-order chi connectivity index (χ0) is 16.6. The predicted molar refractivity (Wildman–Crippen MR) is 87.9 cm³/mol. The first-order valence-corrected chi connectivity index (χ1v) is 7.31. The lowest BCUT2D eigenvalue weighted by atomic mass is 9.92. The molecular weight excluding hydrogens is 290 g/mol. The average Bonchev–Trinajstić information content (AvgIpc) is 2.89. The van der Waals surface area contributed by atoms with E-state index in [-0.39, 0.29) is 0 Å². The van der Waals surface area contributed by atoms with Gasteiger partial charge in [0.05, 0.1) is 5.69 Å². The fourth-order valence-electron chi connectivity index (χ4n) is 2.88. The van der Waals surface area contributed by atoms with Crippen molar-refractivity contribution in [1.82, 2.24) is 4.57 Å². The number of aromatic nitrogens is 1. The Morgan fingerprint density at radius 1 is 1.39 bits per heavy atom. The van der Waals surface area contributed by atoms with Gasteiger partial charge in [-0.15, -0.1) is 6.58 Å². The lowest BCUT2D eigenvalue weighted by Gasteiger charge is -2.32. The SMILES string of the molecule is C=CCn1c(C#N)ccc1-c1ccc2c(c1)C(C)(C)OC(=O)N2. The van der Waals surface area contributed by atoms with E-state index in [1.807, 2.05) is 42.7 Å². The molecule has 0 bridgehead atoms. The Labute approximate surface area is 134 Å². The summed E-state index contributed by atoms with van der Waals surface area (Å²) >= 11 is 0. The second-order valence-corrected chi connectivity index (χ2v) is 5.90. The molecule has 2 heterocycles. The number of cyclic esters (lactones) is 1. The fraction of sp³-hybridized carbons (Fsp3) is 0.222. The van der Waals surface area contributed by atoms with E-state index >= 15 is 0 Å². The number of carbonyl (C=O) groups is 1. The van der Waals surface area contributed by atoms with Crippen LogP contribution in [-0.4, -0.2) is 10.7 Å². The molecule has 3 rings (SSSR count). The first-order valence-electron chi connectivity index (χ1n) is 7.31. The standard InChI is InChI=1S/C18H17N3O2/c1-4-9-21-13(11-19)6-8-16(21)12-5-7-15-14(10-12)18(2,3)23-17(22)20-15/h4-8,10H,1,9H2,2-3H3,(H,20,22). The summed E-state index contributed by atoms with van der Waals surface area (Å²) in [5, 5.41) is 12.0. The lowest BCUT2D eigenvalue weighted by Crippen LogP contribution is -2.34. The number of anilines is 1. The summed E-state index contributed by atoms with van der Waals surface area (Å²) in [4.78, 5) is 11.6. The Morgan fingerprint density at radius 3 is 2.87 bits per heavy atom. The van der Waals surface area contributed by atoms with Gasteiger partial charge in [0.1, 0.15) is 17.4 Å². The zero-order valence-corrected chi connectivity index (χ0v) is 13.1. The molecule has 1 aromatic carbocycles. The summed E-state index contributed by atoms with van der Waals surface area (Å²) in [6.07, 6.45) is 1.31. The van der Waals surface area contributed by atoms with Gasteiger partial charge in [0.2, 0.25) is 0 Å². The molecule has 23 heavy (non-hydrogen) atoms. The van der Waals surface area contributed by atoms with Crippen LogP contribution >= 0.6 is 0 Å². The lowest BCUT2D eigenvalue weighted by molar-refractivity contribution is 0.0421. The number of allylic oxidation sites excluding steroid dienone is 1. The largest absolute Gasteiger partial charge is 0.438 e. The zero-order valence-electron chi connectivity index (χ0n) is 13.1. The highest BCUT2D eigenvalue weighted by Gasteiger charge is 2.33. The topological polar surface area (TPSA) is 67.0 Å². The van der Waals surface area contributed by atoms with Crippen LogP contribution in [0, 0.1) is 11.3 Å². The van der Waals surface area contributed by atoms with E-state index in [0.29, 0.717) is 12.2 Å². The highest BCUT2D eigenvalue weighted by Crippen LogP contribution is 2.38. The summed E-state index contributed by atoms with van der Waals surface area (Å²) in [6, 6.07) is 11.7. The molecule has 0 aliphatic carbocycles. The van der Waals surface area contributed by atoms with Crippen molar-refractivity contribution in [3.8, 4) is 17.3 Å². The third-order valence-electron chi connectivity index (χ3n) is 3.96. The minimum atomic E-state index is -0.707. The van der Waals surface area contributed by atoms with Crippen LogP contribution in [0.3, 0.4) is 0 Å². The van der Waals surface area contributed by atoms with Crippen molar-refractivity contribution < 1.29 is 9.53 Å². The average molecular weight is 307 g/mol.